The third-order valence-electron chi connectivity index (χ3n) is 6.37. The molecule has 0 saturated carbocycles. The highest BCUT2D eigenvalue weighted by atomic mass is 19.1. The molecule has 2 amide bonds. The van der Waals surface area contributed by atoms with Crippen molar-refractivity contribution in [2.24, 2.45) is 0 Å². The Balaban J connectivity index is 1.48. The van der Waals surface area contributed by atoms with Crippen molar-refractivity contribution < 1.29 is 14.0 Å². The first-order chi connectivity index (χ1) is 17.8. The third-order valence-corrected chi connectivity index (χ3v) is 6.37. The van der Waals surface area contributed by atoms with Crippen LogP contribution in [0.2, 0.25) is 0 Å². The molecule has 0 atom stereocenters. The fourth-order valence-corrected chi connectivity index (χ4v) is 4.33. The van der Waals surface area contributed by atoms with Crippen molar-refractivity contribution in [2.75, 3.05) is 7.05 Å². The van der Waals surface area contributed by atoms with Gasteiger partial charge in [-0.25, -0.2) is 8.91 Å². The maximum Gasteiger partial charge on any atom is 0.255 e. The Morgan fingerprint density at radius 3 is 2.35 bits per heavy atom. The van der Waals surface area contributed by atoms with Crippen molar-refractivity contribution in [3.8, 4) is 16.9 Å². The molecule has 0 aliphatic carbocycles. The van der Waals surface area contributed by atoms with Gasteiger partial charge in [0, 0.05) is 36.9 Å². The monoisotopic (exact) mass is 495 g/mol. The minimum Gasteiger partial charge on any atom is -0.355 e. The summed E-state index contributed by atoms with van der Waals surface area (Å²) in [5, 5.41) is 10.3. The lowest BCUT2D eigenvalue weighted by Crippen LogP contribution is -2.40. The van der Waals surface area contributed by atoms with E-state index >= 15 is 0 Å². The van der Waals surface area contributed by atoms with Crippen LogP contribution in [0.3, 0.4) is 0 Å². The van der Waals surface area contributed by atoms with Crippen LogP contribution < -0.4 is 10.6 Å². The van der Waals surface area contributed by atoms with E-state index in [1.165, 1.54) is 12.1 Å². The molecule has 186 valence electrons. The van der Waals surface area contributed by atoms with Crippen molar-refractivity contribution in [3.63, 3.8) is 0 Å². The second-order valence-electron chi connectivity index (χ2n) is 9.28. The number of benzene rings is 2. The molecule has 0 radical (unpaired) electrons. The minimum atomic E-state index is -0.546. The molecular weight excluding hydrogens is 469 g/mol. The molecule has 5 rings (SSSR count). The molecule has 2 N–H and O–H groups in total. The molecule has 0 bridgehead atoms. The van der Waals surface area contributed by atoms with Gasteiger partial charge in [-0.1, -0.05) is 30.3 Å². The summed E-state index contributed by atoms with van der Waals surface area (Å²) in [4.78, 5) is 25.9. The summed E-state index contributed by atoms with van der Waals surface area (Å²) in [6.45, 7) is 3.92. The molecule has 2 aromatic carbocycles. The van der Waals surface area contributed by atoms with Crippen LogP contribution in [0.4, 0.5) is 4.39 Å². The molecular formula is C29H26FN5O2. The zero-order valence-electron chi connectivity index (χ0n) is 20.7. The van der Waals surface area contributed by atoms with E-state index in [4.69, 9.17) is 0 Å². The number of hydrogen-bond acceptors (Lipinski definition) is 3. The Morgan fingerprint density at radius 2 is 1.65 bits per heavy atom. The Hall–Kier alpha value is -4.72. The van der Waals surface area contributed by atoms with Crippen molar-refractivity contribution in [3.05, 3.63) is 114 Å². The second-order valence-corrected chi connectivity index (χ2v) is 9.28. The molecule has 0 aliphatic heterocycles. The lowest BCUT2D eigenvalue weighted by Gasteiger charge is -2.26. The SMILES string of the molecule is CNC(=O)c1c(-c2ccc(F)cc2)nn2ccc(-n3ccc(C(=O)NC(C)(C)c4ccccc4)c3)cc12. The Kier molecular flexibility index (Phi) is 6.09. The number of nitrogens with one attached hydrogen (secondary N) is 2. The summed E-state index contributed by atoms with van der Waals surface area (Å²) < 4.78 is 16.9. The van der Waals surface area contributed by atoms with E-state index in [0.717, 1.165) is 11.3 Å². The number of carbonyl (C=O) groups excluding carboxylic acids is 2. The van der Waals surface area contributed by atoms with Gasteiger partial charge in [0.25, 0.3) is 11.8 Å². The molecule has 8 heteroatoms. The summed E-state index contributed by atoms with van der Waals surface area (Å²) in [5.74, 6) is -0.860. The number of halogens is 1. The largest absolute Gasteiger partial charge is 0.355 e. The normalized spacial score (nSPS) is 11.5. The number of nitrogens with zero attached hydrogens (tertiary/aromatic N) is 3. The number of hydrogen-bond donors (Lipinski definition) is 2. The average molecular weight is 496 g/mol. The number of amides is 2. The highest BCUT2D eigenvalue weighted by Gasteiger charge is 2.24. The topological polar surface area (TPSA) is 80.4 Å². The van der Waals surface area contributed by atoms with E-state index in [0.29, 0.717) is 27.9 Å². The first-order valence-corrected chi connectivity index (χ1v) is 11.8. The van der Waals surface area contributed by atoms with Gasteiger partial charge < -0.3 is 15.2 Å². The summed E-state index contributed by atoms with van der Waals surface area (Å²) >= 11 is 0. The van der Waals surface area contributed by atoms with Crippen LogP contribution in [0.5, 0.6) is 0 Å². The molecule has 0 unspecified atom stereocenters. The third kappa shape index (κ3) is 4.61. The van der Waals surface area contributed by atoms with Gasteiger partial charge in [-0.2, -0.15) is 5.10 Å². The summed E-state index contributed by atoms with van der Waals surface area (Å²) in [6.07, 6.45) is 5.30. The maximum atomic E-state index is 13.5. The lowest BCUT2D eigenvalue weighted by atomic mass is 9.94. The summed E-state index contributed by atoms with van der Waals surface area (Å²) in [6, 6.07) is 21.1. The highest BCUT2D eigenvalue weighted by molar-refractivity contribution is 6.06. The maximum absolute atomic E-state index is 13.5. The van der Waals surface area contributed by atoms with Gasteiger partial charge >= 0.3 is 0 Å². The fourth-order valence-electron chi connectivity index (χ4n) is 4.33. The zero-order chi connectivity index (χ0) is 26.2. The lowest BCUT2D eigenvalue weighted by molar-refractivity contribution is 0.0910. The molecule has 0 aliphatic rings. The van der Waals surface area contributed by atoms with Crippen molar-refractivity contribution >= 4 is 17.3 Å². The fraction of sp³-hybridized carbons (Fsp3) is 0.138. The van der Waals surface area contributed by atoms with Crippen molar-refractivity contribution in [1.82, 2.24) is 24.8 Å². The zero-order valence-corrected chi connectivity index (χ0v) is 20.7. The van der Waals surface area contributed by atoms with Crippen LogP contribution in [-0.4, -0.2) is 33.0 Å². The smallest absolute Gasteiger partial charge is 0.255 e. The van der Waals surface area contributed by atoms with Crippen LogP contribution >= 0.6 is 0 Å². The number of rotatable bonds is 6. The Morgan fingerprint density at radius 1 is 0.919 bits per heavy atom. The predicted octanol–water partition coefficient (Wildman–Crippen LogP) is 4.96. The molecule has 3 heterocycles. The number of carbonyl (C=O) groups is 2. The molecule has 0 fully saturated rings. The van der Waals surface area contributed by atoms with Gasteiger partial charge in [-0.15, -0.1) is 0 Å². The van der Waals surface area contributed by atoms with Crippen LogP contribution in [0.1, 0.15) is 40.1 Å². The molecule has 0 spiro atoms. The highest BCUT2D eigenvalue weighted by Crippen LogP contribution is 2.28. The van der Waals surface area contributed by atoms with Gasteiger partial charge in [0.15, 0.2) is 0 Å². The van der Waals surface area contributed by atoms with Crippen LogP contribution in [0, 0.1) is 5.82 Å². The average Bonchev–Trinajstić information content (AvgIpc) is 3.54. The van der Waals surface area contributed by atoms with Crippen LogP contribution in [0.25, 0.3) is 22.5 Å². The van der Waals surface area contributed by atoms with E-state index in [1.807, 2.05) is 60.9 Å². The first kappa shape index (κ1) is 24.0. The van der Waals surface area contributed by atoms with Gasteiger partial charge in [0.1, 0.15) is 11.5 Å². The van der Waals surface area contributed by atoms with E-state index in [-0.39, 0.29) is 17.6 Å². The molecule has 37 heavy (non-hydrogen) atoms. The van der Waals surface area contributed by atoms with E-state index < -0.39 is 5.54 Å². The molecule has 7 nitrogen and oxygen atoms in total. The second kappa shape index (κ2) is 9.39. The van der Waals surface area contributed by atoms with Crippen molar-refractivity contribution in [1.29, 1.82) is 0 Å². The number of fused-ring (bicyclic) bond motifs is 1. The van der Waals surface area contributed by atoms with E-state index in [1.54, 1.807) is 48.4 Å². The molecule has 3 aromatic heterocycles. The Labute approximate surface area is 213 Å². The van der Waals surface area contributed by atoms with Gasteiger partial charge in [0.2, 0.25) is 0 Å². The molecule has 0 saturated heterocycles. The van der Waals surface area contributed by atoms with E-state index in [2.05, 4.69) is 15.7 Å². The van der Waals surface area contributed by atoms with Crippen molar-refractivity contribution in [2.45, 2.75) is 19.4 Å². The van der Waals surface area contributed by atoms with Gasteiger partial charge in [-0.05, 0) is 61.9 Å². The summed E-state index contributed by atoms with van der Waals surface area (Å²) in [7, 11) is 1.55. The van der Waals surface area contributed by atoms with Crippen LogP contribution in [-0.2, 0) is 5.54 Å². The number of pyridine rings is 1. The standard InChI is InChI=1S/C29H26FN5O2/c1-29(2,21-7-5-4-6-8-21)32-27(36)20-13-15-34(18-20)23-14-16-35-24(17-23)25(28(37)31-3)26(33-35)19-9-11-22(30)12-10-19/h4-18H,1-3H3,(H,31,37)(H,32,36). The number of aromatic nitrogens is 3. The quantitative estimate of drug-likeness (QED) is 0.350. The predicted molar refractivity (Wildman–Crippen MR) is 140 cm³/mol. The van der Waals surface area contributed by atoms with Gasteiger partial charge in [-0.3, -0.25) is 9.59 Å². The van der Waals surface area contributed by atoms with Gasteiger partial charge in [0.05, 0.1) is 22.2 Å². The minimum absolute atomic E-state index is 0.192. The Bertz CT molecular complexity index is 1600. The van der Waals surface area contributed by atoms with E-state index in [9.17, 15) is 14.0 Å². The molecule has 5 aromatic rings. The first-order valence-electron chi connectivity index (χ1n) is 11.8. The van der Waals surface area contributed by atoms with Crippen LogP contribution in [0.15, 0.2) is 91.4 Å². The summed E-state index contributed by atoms with van der Waals surface area (Å²) in [5.41, 5.74) is 3.77.